The number of nitrogens with zero attached hydrogens (tertiary/aromatic N) is 2. The SMILES string of the molecule is Cc1ccc(-c2ccc(NC(=O)c3cc(C(=O)O)c(C(=O)Nc4ccc(-c5ccc(-n6c(=O)c7cc8c(=O)n(C)c(=O)c8cc7c6=O)cc5C(F)(F)F)c(C)c4)cc3C(=O)O)cc2C(F)(F)F)c(C)c1.[Ar].[Ar]. The van der Waals surface area contributed by atoms with Crippen molar-refractivity contribution in [1.29, 1.82) is 0 Å². The number of benzene rings is 6. The van der Waals surface area contributed by atoms with Gasteiger partial charge in [0.05, 0.1) is 60.6 Å². The van der Waals surface area contributed by atoms with Crippen LogP contribution in [0.1, 0.15) is 69.2 Å². The summed E-state index contributed by atoms with van der Waals surface area (Å²) >= 11 is 0. The predicted molar refractivity (Wildman–Crippen MR) is 245 cm³/mol. The zero-order valence-electron chi connectivity index (χ0n) is 37.3. The van der Waals surface area contributed by atoms with Crippen LogP contribution in [0.3, 0.4) is 0 Å². The van der Waals surface area contributed by atoms with E-state index in [9.17, 15) is 74.9 Å². The number of rotatable bonds is 9. The molecule has 14 nitrogen and oxygen atoms in total. The Morgan fingerprint density at radius 3 is 1.29 bits per heavy atom. The molecule has 2 heterocycles. The molecule has 0 radical (unpaired) electrons. The smallest absolute Gasteiger partial charge is 0.417 e. The molecule has 2 aromatic heterocycles. The standard InChI is InChI=1S/C50H32F6N4O10.2Ar/c1-21-5-9-27(22(2)13-21)29-11-7-25(15-39(29)49(51,52)53)58-42(62)32-18-37(47(67)68)31(17-38(32)48(69)70)41(61)57-24-6-10-28(23(3)14-24)30-12-8-26(16-40(30)50(54,55)56)60-45(65)35-19-33-34(20-36(35)46(60)66)44(64)59(4)43(33)63;;/h5-20H,1-4H3,(H,57,61)(H,58,62)(H,67,68)(H,69,70);;. The topological polar surface area (TPSA) is 211 Å². The molecular weight excluding hydrogens is 1010 g/mol. The van der Waals surface area contributed by atoms with E-state index in [-0.39, 0.29) is 125 Å². The van der Waals surface area contributed by atoms with Gasteiger partial charge in [-0.1, -0.05) is 42.0 Å². The van der Waals surface area contributed by atoms with Gasteiger partial charge in [-0.25, -0.2) is 14.2 Å². The van der Waals surface area contributed by atoms with Gasteiger partial charge in [-0.15, -0.1) is 0 Å². The normalized spacial score (nSPS) is 11.5. The summed E-state index contributed by atoms with van der Waals surface area (Å²) < 4.78 is 88.6. The Morgan fingerprint density at radius 1 is 0.472 bits per heavy atom. The zero-order valence-corrected chi connectivity index (χ0v) is 38.7. The Bertz CT molecular complexity index is 3780. The van der Waals surface area contributed by atoms with Crippen LogP contribution in [0.4, 0.5) is 37.7 Å². The average molecular weight is 1040 g/mol. The van der Waals surface area contributed by atoms with E-state index in [1.807, 2.05) is 0 Å². The van der Waals surface area contributed by atoms with Crippen molar-refractivity contribution in [2.75, 3.05) is 10.6 Å². The molecule has 8 aromatic rings. The van der Waals surface area contributed by atoms with Crippen molar-refractivity contribution in [2.45, 2.75) is 33.1 Å². The fraction of sp³-hybridized carbons (Fsp3) is 0.120. The molecule has 22 heteroatoms. The first kappa shape index (κ1) is 54.9. The molecule has 0 saturated heterocycles. The molecule has 0 spiro atoms. The van der Waals surface area contributed by atoms with Crippen LogP contribution >= 0.6 is 0 Å². The molecule has 0 aliphatic rings. The number of anilines is 2. The third-order valence-electron chi connectivity index (χ3n) is 11.8. The first-order valence-electron chi connectivity index (χ1n) is 20.5. The van der Waals surface area contributed by atoms with E-state index in [0.29, 0.717) is 34.4 Å². The molecule has 2 amide bonds. The molecular formula is C50H32Ar2F6N4O10. The monoisotopic (exact) mass is 1040 g/mol. The van der Waals surface area contributed by atoms with Crippen molar-refractivity contribution in [3.63, 3.8) is 0 Å². The third-order valence-corrected chi connectivity index (χ3v) is 11.8. The summed E-state index contributed by atoms with van der Waals surface area (Å²) in [4.78, 5) is 104. The van der Waals surface area contributed by atoms with Crippen LogP contribution < -0.4 is 32.9 Å². The van der Waals surface area contributed by atoms with Gasteiger partial charge >= 0.3 is 24.3 Å². The molecule has 72 heavy (non-hydrogen) atoms. The number of aromatic nitrogens is 2. The van der Waals surface area contributed by atoms with Crippen molar-refractivity contribution in [1.82, 2.24) is 9.13 Å². The fourth-order valence-electron chi connectivity index (χ4n) is 8.45. The van der Waals surface area contributed by atoms with Gasteiger partial charge in [-0.2, -0.15) is 26.3 Å². The summed E-state index contributed by atoms with van der Waals surface area (Å²) in [6.45, 7) is 4.76. The van der Waals surface area contributed by atoms with Crippen LogP contribution in [-0.2, 0) is 19.4 Å². The number of carboxylic acids is 2. The van der Waals surface area contributed by atoms with Gasteiger partial charge in [-0.05, 0) is 115 Å². The third kappa shape index (κ3) is 10.0. The Balaban J connectivity index is 0.00000423. The van der Waals surface area contributed by atoms with Crippen LogP contribution in [0.2, 0.25) is 0 Å². The number of amides is 2. The number of carboxylic acid groups (broad SMARTS) is 2. The molecule has 0 unspecified atom stereocenters. The van der Waals surface area contributed by atoms with Crippen molar-refractivity contribution in [3.05, 3.63) is 189 Å². The summed E-state index contributed by atoms with van der Waals surface area (Å²) in [7, 11) is 1.21. The van der Waals surface area contributed by atoms with Crippen LogP contribution in [0.25, 0.3) is 49.5 Å². The van der Waals surface area contributed by atoms with Gasteiger partial charge < -0.3 is 20.8 Å². The van der Waals surface area contributed by atoms with Gasteiger partial charge in [0.25, 0.3) is 34.1 Å². The molecule has 0 saturated carbocycles. The maximum Gasteiger partial charge on any atom is 0.417 e. The predicted octanol–water partition coefficient (Wildman–Crippen LogP) is 8.64. The van der Waals surface area contributed by atoms with Gasteiger partial charge in [0.15, 0.2) is 0 Å². The number of carbonyl (C=O) groups is 4. The maximum atomic E-state index is 14.8. The summed E-state index contributed by atoms with van der Waals surface area (Å²) in [5.74, 6) is -6.20. The van der Waals surface area contributed by atoms with Gasteiger partial charge in [0.1, 0.15) is 0 Å². The summed E-state index contributed by atoms with van der Waals surface area (Å²) in [5.41, 5.74) is -9.33. The summed E-state index contributed by atoms with van der Waals surface area (Å²) in [6, 6.07) is 17.2. The number of hydrogen-bond acceptors (Lipinski definition) is 8. The van der Waals surface area contributed by atoms with E-state index in [2.05, 4.69) is 10.6 Å². The molecule has 6 aromatic carbocycles. The van der Waals surface area contributed by atoms with E-state index in [1.165, 1.54) is 32.2 Å². The van der Waals surface area contributed by atoms with E-state index in [4.69, 9.17) is 0 Å². The fourth-order valence-corrected chi connectivity index (χ4v) is 8.45. The number of alkyl halides is 6. The van der Waals surface area contributed by atoms with E-state index in [1.54, 1.807) is 26.0 Å². The number of fused-ring (bicyclic) bond motifs is 2. The Morgan fingerprint density at radius 2 is 0.861 bits per heavy atom. The number of hydrogen-bond donors (Lipinski definition) is 4. The van der Waals surface area contributed by atoms with E-state index in [0.717, 1.165) is 52.6 Å². The molecule has 0 bridgehead atoms. The zero-order chi connectivity index (χ0) is 51.0. The minimum Gasteiger partial charge on any atom is -0.478 e. The van der Waals surface area contributed by atoms with Gasteiger partial charge in [0.2, 0.25) is 0 Å². The number of halogens is 6. The first-order chi connectivity index (χ1) is 32.8. The molecule has 0 aliphatic carbocycles. The Kier molecular flexibility index (Phi) is 15.4. The van der Waals surface area contributed by atoms with Crippen molar-refractivity contribution in [3.8, 4) is 27.9 Å². The van der Waals surface area contributed by atoms with Gasteiger partial charge in [0, 0.05) is 93.9 Å². The van der Waals surface area contributed by atoms with Crippen molar-refractivity contribution >= 4 is 56.7 Å². The van der Waals surface area contributed by atoms with Crippen LogP contribution in [0.5, 0.6) is 0 Å². The minimum absolute atomic E-state index is 0. The second kappa shape index (κ2) is 20.2. The second-order valence-corrected chi connectivity index (χ2v) is 16.4. The molecule has 0 aliphatic heterocycles. The van der Waals surface area contributed by atoms with Crippen LogP contribution in [0, 0.1) is 96.2 Å². The first-order valence-corrected chi connectivity index (χ1v) is 20.5. The second-order valence-electron chi connectivity index (χ2n) is 16.4. The largest absolute Gasteiger partial charge is 0.478 e. The molecule has 0 fully saturated rings. The van der Waals surface area contributed by atoms with Gasteiger partial charge in [-0.3, -0.25) is 33.3 Å². The summed E-state index contributed by atoms with van der Waals surface area (Å²) in [6.07, 6.45) is -9.99. The molecule has 370 valence electrons. The molecule has 4 N–H and O–H groups in total. The maximum absolute atomic E-state index is 14.8. The number of aromatic carboxylic acids is 2. The van der Waals surface area contributed by atoms with Crippen molar-refractivity contribution < 1.29 is 131 Å². The Hall–Kier alpha value is -6.42. The number of aryl methyl sites for hydroxylation is 3. The van der Waals surface area contributed by atoms with Crippen LogP contribution in [0.15, 0.2) is 116 Å². The van der Waals surface area contributed by atoms with E-state index < -0.39 is 109 Å². The minimum atomic E-state index is -5.08. The summed E-state index contributed by atoms with van der Waals surface area (Å²) in [5, 5.41) is 23.8. The van der Waals surface area contributed by atoms with E-state index >= 15 is 0 Å². The quantitative estimate of drug-likeness (QED) is 0.101. The number of carbonyl (C=O) groups excluding carboxylic acids is 2. The average Bonchev–Trinajstić information content (AvgIpc) is 3.65. The number of nitrogens with one attached hydrogen (secondary N) is 2. The van der Waals surface area contributed by atoms with Crippen LogP contribution in [-0.4, -0.2) is 43.1 Å². The Labute approximate surface area is 460 Å². The molecule has 8 rings (SSSR count). The van der Waals surface area contributed by atoms with Crippen molar-refractivity contribution in [2.24, 2.45) is 7.05 Å². The molecule has 0 atom stereocenters.